The van der Waals surface area contributed by atoms with E-state index in [0.717, 1.165) is 35.6 Å². The third kappa shape index (κ3) is 4.25. The Kier molecular flexibility index (Phi) is 6.00. The molecule has 9 nitrogen and oxygen atoms in total. The molecular formula is C28H30FN7O2. The van der Waals surface area contributed by atoms with E-state index in [9.17, 15) is 9.18 Å². The van der Waals surface area contributed by atoms with Gasteiger partial charge in [0.05, 0.1) is 47.7 Å². The van der Waals surface area contributed by atoms with E-state index >= 15 is 0 Å². The highest BCUT2D eigenvalue weighted by atomic mass is 19.1. The van der Waals surface area contributed by atoms with E-state index in [0.29, 0.717) is 35.9 Å². The number of rotatable bonds is 6. The van der Waals surface area contributed by atoms with E-state index in [4.69, 9.17) is 4.74 Å². The molecule has 0 saturated carbocycles. The first-order valence-electron chi connectivity index (χ1n) is 12.7. The van der Waals surface area contributed by atoms with E-state index < -0.39 is 0 Å². The summed E-state index contributed by atoms with van der Waals surface area (Å²) in [4.78, 5) is 24.1. The minimum absolute atomic E-state index is 0.0607. The molecule has 0 spiro atoms. The van der Waals surface area contributed by atoms with Gasteiger partial charge in [-0.25, -0.2) is 14.4 Å². The number of anilines is 3. The lowest BCUT2D eigenvalue weighted by Gasteiger charge is -2.42. The molecule has 3 aromatic heterocycles. The van der Waals surface area contributed by atoms with Crippen molar-refractivity contribution >= 4 is 28.7 Å². The van der Waals surface area contributed by atoms with Crippen LogP contribution in [0, 0.1) is 5.82 Å². The molecule has 3 N–H and O–H groups in total. The Morgan fingerprint density at radius 1 is 1.16 bits per heavy atom. The molecule has 0 aliphatic carbocycles. The van der Waals surface area contributed by atoms with Crippen LogP contribution in [0.15, 0.2) is 55.0 Å². The van der Waals surface area contributed by atoms with Crippen LogP contribution in [0.1, 0.15) is 29.8 Å². The highest BCUT2D eigenvalue weighted by Crippen LogP contribution is 2.35. The maximum atomic E-state index is 13.7. The summed E-state index contributed by atoms with van der Waals surface area (Å²) in [5.74, 6) is 0.159. The number of likely N-dealkylation sites (N-methyl/N-ethyl adjacent to an activating group) is 1. The number of fused-ring (bicyclic) bond motifs is 2. The standard InChI is InChI=1S/C28H30FN7O2/c1-28(2,30-3)23-16-35(10-11-38-23)18-4-7-24(31-13-18)34-21-6-5-19(20-14-33-27(37)26(20)21)22-15-32-25-12-17(29)8-9-36(22)25/h4-9,12-13,15,23,30H,10-11,14,16H2,1-3H3,(H,31,34)(H,33,37). The zero-order valence-electron chi connectivity index (χ0n) is 21.6. The number of morpholine rings is 1. The zero-order valence-corrected chi connectivity index (χ0v) is 21.6. The second-order valence-electron chi connectivity index (χ2n) is 10.2. The molecule has 1 amide bonds. The van der Waals surface area contributed by atoms with Gasteiger partial charge >= 0.3 is 0 Å². The van der Waals surface area contributed by atoms with Crippen LogP contribution in [0.2, 0.25) is 0 Å². The highest BCUT2D eigenvalue weighted by Gasteiger charge is 2.33. The molecule has 1 aromatic carbocycles. The summed E-state index contributed by atoms with van der Waals surface area (Å²) in [7, 11) is 1.95. The Balaban J connectivity index is 1.26. The number of ether oxygens (including phenoxy) is 1. The van der Waals surface area contributed by atoms with Gasteiger partial charge < -0.3 is 25.6 Å². The van der Waals surface area contributed by atoms with Crippen LogP contribution in [-0.2, 0) is 11.3 Å². The number of nitrogens with zero attached hydrogens (tertiary/aromatic N) is 4. The van der Waals surface area contributed by atoms with Crippen LogP contribution in [0.25, 0.3) is 16.9 Å². The molecule has 10 heteroatoms. The van der Waals surface area contributed by atoms with Crippen LogP contribution in [0.5, 0.6) is 0 Å². The largest absolute Gasteiger partial charge is 0.373 e. The third-order valence-corrected chi connectivity index (χ3v) is 7.61. The number of pyridine rings is 2. The lowest BCUT2D eigenvalue weighted by molar-refractivity contribution is -0.0103. The Hall–Kier alpha value is -4.02. The number of halogens is 1. The number of nitrogens with one attached hydrogen (secondary N) is 3. The van der Waals surface area contributed by atoms with Crippen LogP contribution >= 0.6 is 0 Å². The van der Waals surface area contributed by atoms with Gasteiger partial charge in [-0.1, -0.05) is 6.07 Å². The van der Waals surface area contributed by atoms with E-state index in [1.54, 1.807) is 12.4 Å². The molecule has 5 heterocycles. The molecule has 2 aliphatic rings. The van der Waals surface area contributed by atoms with Crippen LogP contribution in [0.4, 0.5) is 21.6 Å². The second kappa shape index (κ2) is 9.38. The van der Waals surface area contributed by atoms with Crippen molar-refractivity contribution < 1.29 is 13.9 Å². The Morgan fingerprint density at radius 3 is 2.82 bits per heavy atom. The van der Waals surface area contributed by atoms with Gasteiger partial charge in [-0.15, -0.1) is 0 Å². The normalized spacial score (nSPS) is 17.5. The number of carbonyl (C=O) groups is 1. The molecule has 4 aromatic rings. The fourth-order valence-corrected chi connectivity index (χ4v) is 5.11. The number of carbonyl (C=O) groups excluding carboxylic acids is 1. The number of hydrogen-bond acceptors (Lipinski definition) is 7. The average molecular weight is 516 g/mol. The van der Waals surface area contributed by atoms with Gasteiger partial charge in [-0.3, -0.25) is 9.20 Å². The molecular weight excluding hydrogens is 485 g/mol. The van der Waals surface area contributed by atoms with Gasteiger partial charge in [0.15, 0.2) is 0 Å². The van der Waals surface area contributed by atoms with E-state index in [-0.39, 0.29) is 23.4 Å². The summed E-state index contributed by atoms with van der Waals surface area (Å²) < 4.78 is 21.5. The van der Waals surface area contributed by atoms with Crippen molar-refractivity contribution in [2.24, 2.45) is 0 Å². The smallest absolute Gasteiger partial charge is 0.254 e. The monoisotopic (exact) mass is 515 g/mol. The van der Waals surface area contributed by atoms with Gasteiger partial charge in [0.25, 0.3) is 5.91 Å². The van der Waals surface area contributed by atoms with Gasteiger partial charge in [0.2, 0.25) is 0 Å². The Bertz CT molecular complexity index is 1520. The lowest BCUT2D eigenvalue weighted by atomic mass is 9.96. The average Bonchev–Trinajstić information content (AvgIpc) is 3.53. The topological polar surface area (TPSA) is 95.8 Å². The first-order valence-corrected chi connectivity index (χ1v) is 12.7. The van der Waals surface area contributed by atoms with Gasteiger partial charge in [0.1, 0.15) is 17.3 Å². The maximum Gasteiger partial charge on any atom is 0.254 e. The maximum absolute atomic E-state index is 13.7. The van der Waals surface area contributed by atoms with Crippen molar-refractivity contribution in [1.82, 2.24) is 25.0 Å². The van der Waals surface area contributed by atoms with Crippen molar-refractivity contribution in [3.63, 3.8) is 0 Å². The minimum atomic E-state index is -0.343. The summed E-state index contributed by atoms with van der Waals surface area (Å²) >= 11 is 0. The van der Waals surface area contributed by atoms with Gasteiger partial charge in [-0.05, 0) is 50.7 Å². The van der Waals surface area contributed by atoms with Crippen molar-refractivity contribution in [3.05, 3.63) is 71.9 Å². The molecule has 38 heavy (non-hydrogen) atoms. The molecule has 6 rings (SSSR count). The van der Waals surface area contributed by atoms with Crippen molar-refractivity contribution in [2.75, 3.05) is 37.0 Å². The second-order valence-corrected chi connectivity index (χ2v) is 10.2. The summed E-state index contributed by atoms with van der Waals surface area (Å²) in [5, 5.41) is 9.60. The fourth-order valence-electron chi connectivity index (χ4n) is 5.11. The predicted octanol–water partition coefficient (Wildman–Crippen LogP) is 3.73. The highest BCUT2D eigenvalue weighted by molar-refractivity contribution is 6.06. The predicted molar refractivity (Wildman–Crippen MR) is 144 cm³/mol. The summed E-state index contributed by atoms with van der Waals surface area (Å²) in [5.41, 5.74) is 5.20. The van der Waals surface area contributed by atoms with E-state index in [1.165, 1.54) is 12.1 Å². The quantitative estimate of drug-likeness (QED) is 0.360. The van der Waals surface area contributed by atoms with Crippen LogP contribution < -0.4 is 20.9 Å². The third-order valence-electron chi connectivity index (χ3n) is 7.61. The first-order chi connectivity index (χ1) is 18.3. The molecule has 0 radical (unpaired) electrons. The minimum Gasteiger partial charge on any atom is -0.373 e. The van der Waals surface area contributed by atoms with Crippen molar-refractivity contribution in [3.8, 4) is 11.3 Å². The Morgan fingerprint density at radius 2 is 2.03 bits per heavy atom. The first kappa shape index (κ1) is 24.3. The Labute approximate surface area is 220 Å². The molecule has 2 aliphatic heterocycles. The van der Waals surface area contributed by atoms with E-state index in [1.807, 2.05) is 41.9 Å². The lowest BCUT2D eigenvalue weighted by Crippen LogP contribution is -2.57. The van der Waals surface area contributed by atoms with Crippen LogP contribution in [-0.4, -0.2) is 58.7 Å². The number of benzene rings is 1. The number of imidazole rings is 1. The molecule has 1 unspecified atom stereocenters. The zero-order chi connectivity index (χ0) is 26.4. The molecule has 1 atom stereocenters. The molecule has 0 bridgehead atoms. The van der Waals surface area contributed by atoms with Crippen molar-refractivity contribution in [2.45, 2.75) is 32.0 Å². The number of aromatic nitrogens is 3. The molecule has 196 valence electrons. The van der Waals surface area contributed by atoms with Crippen LogP contribution in [0.3, 0.4) is 0 Å². The molecule has 1 saturated heterocycles. The van der Waals surface area contributed by atoms with E-state index in [2.05, 4.69) is 44.7 Å². The fraction of sp³-hybridized carbons (Fsp3) is 0.321. The summed E-state index contributed by atoms with van der Waals surface area (Å²) in [6.45, 7) is 6.91. The molecule has 1 fully saturated rings. The SMILES string of the molecule is CNC(C)(C)C1CN(c2ccc(Nc3ccc(-c4cnc5cc(F)ccn45)c4c3C(=O)NC4)nc2)CCO1. The number of amides is 1. The summed E-state index contributed by atoms with van der Waals surface area (Å²) in [6.07, 6.45) is 5.26. The van der Waals surface area contributed by atoms with Gasteiger partial charge in [-0.2, -0.15) is 0 Å². The van der Waals surface area contributed by atoms with Crippen molar-refractivity contribution in [1.29, 1.82) is 0 Å². The summed E-state index contributed by atoms with van der Waals surface area (Å²) in [6, 6.07) is 10.6. The number of hydrogen-bond donors (Lipinski definition) is 3. The van der Waals surface area contributed by atoms with Gasteiger partial charge in [0, 0.05) is 43.0 Å².